The number of nitrogens with zero attached hydrogens (tertiary/aromatic N) is 2. The zero-order chi connectivity index (χ0) is 12.7. The Morgan fingerprint density at radius 1 is 1.35 bits per heavy atom. The Morgan fingerprint density at radius 2 is 2.00 bits per heavy atom. The minimum Gasteiger partial charge on any atom is -0.545 e. The first-order valence-corrected chi connectivity index (χ1v) is 7.05. The van der Waals surface area contributed by atoms with E-state index in [9.17, 15) is 8.42 Å². The van der Waals surface area contributed by atoms with E-state index in [2.05, 4.69) is 10.8 Å². The first kappa shape index (κ1) is 13.6. The second-order valence-corrected chi connectivity index (χ2v) is 5.40. The van der Waals surface area contributed by atoms with Crippen LogP contribution >= 0.6 is 0 Å². The maximum Gasteiger partial charge on any atom is 0.101 e. The van der Waals surface area contributed by atoms with Crippen LogP contribution in [0.4, 0.5) is 0 Å². The second-order valence-electron chi connectivity index (χ2n) is 3.68. The fraction of sp³-hybridized carbons (Fsp3) is 0.364. The summed E-state index contributed by atoms with van der Waals surface area (Å²) in [4.78, 5) is 0. The Labute approximate surface area is 102 Å². The van der Waals surface area contributed by atoms with Crippen LogP contribution < -0.4 is 5.32 Å². The highest BCUT2D eigenvalue weighted by molar-refractivity contribution is 7.93. The van der Waals surface area contributed by atoms with Gasteiger partial charge in [0.05, 0.1) is 28.2 Å². The Hall–Kier alpha value is -1.42. The van der Waals surface area contributed by atoms with Gasteiger partial charge in [-0.2, -0.15) is 5.26 Å². The number of hydrogen-bond acceptors (Lipinski definition) is 3. The largest absolute Gasteiger partial charge is 0.545 e. The quantitative estimate of drug-likeness (QED) is 0.721. The third-order valence-corrected chi connectivity index (χ3v) is 2.77. The highest BCUT2D eigenvalue weighted by Crippen LogP contribution is 2.01. The Balaban J connectivity index is 2.25. The van der Waals surface area contributed by atoms with Crippen LogP contribution in [0.1, 0.15) is 11.1 Å². The van der Waals surface area contributed by atoms with Crippen LogP contribution in [0.3, 0.4) is 0 Å². The number of sulfonamides is 1. The molecular weight excluding hydrogens is 238 g/mol. The van der Waals surface area contributed by atoms with Crippen LogP contribution in [-0.4, -0.2) is 27.8 Å². The van der Waals surface area contributed by atoms with Gasteiger partial charge < -0.3 is 10.0 Å². The van der Waals surface area contributed by atoms with Crippen molar-refractivity contribution in [3.05, 3.63) is 40.1 Å². The van der Waals surface area contributed by atoms with Crippen molar-refractivity contribution in [2.45, 2.75) is 6.54 Å². The summed E-state index contributed by atoms with van der Waals surface area (Å²) in [7, 11) is -3.21. The predicted octanol–water partition coefficient (Wildman–Crippen LogP) is -0.0450. The van der Waals surface area contributed by atoms with Gasteiger partial charge in [0.2, 0.25) is 0 Å². The molecule has 1 aromatic carbocycles. The van der Waals surface area contributed by atoms with Crippen molar-refractivity contribution < 1.29 is 13.7 Å². The van der Waals surface area contributed by atoms with Gasteiger partial charge in [-0.15, -0.1) is 0 Å². The normalized spacial score (nSPS) is 11.1. The summed E-state index contributed by atoms with van der Waals surface area (Å²) < 4.78 is 25.0. The van der Waals surface area contributed by atoms with Gasteiger partial charge in [0, 0.05) is 11.8 Å². The fourth-order valence-electron chi connectivity index (χ4n) is 1.29. The molecule has 0 aliphatic carbocycles. The molecule has 0 radical (unpaired) electrons. The van der Waals surface area contributed by atoms with Gasteiger partial charge >= 0.3 is 0 Å². The summed E-state index contributed by atoms with van der Waals surface area (Å²) in [5.74, 6) is 0. The topological polar surface area (TPSA) is 88.6 Å². The number of quaternary nitrogens is 1. The molecular formula is C11H15N3O2S. The maximum absolute atomic E-state index is 10.7. The summed E-state index contributed by atoms with van der Waals surface area (Å²) in [6, 6.07) is 9.37. The molecule has 0 atom stereocenters. The van der Waals surface area contributed by atoms with Gasteiger partial charge in [-0.3, -0.25) is 0 Å². The third kappa shape index (κ3) is 6.02. The third-order valence-electron chi connectivity index (χ3n) is 2.12. The van der Waals surface area contributed by atoms with Gasteiger partial charge in [0.15, 0.2) is 0 Å². The van der Waals surface area contributed by atoms with Crippen LogP contribution in [-0.2, 0) is 16.6 Å². The van der Waals surface area contributed by atoms with Crippen LogP contribution in [0.5, 0.6) is 0 Å². The molecule has 1 rings (SSSR count). The lowest BCUT2D eigenvalue weighted by atomic mass is 10.1. The van der Waals surface area contributed by atoms with Crippen LogP contribution in [0.15, 0.2) is 24.3 Å². The van der Waals surface area contributed by atoms with E-state index in [1.54, 1.807) is 12.1 Å². The molecule has 1 aromatic rings. The summed E-state index contributed by atoms with van der Waals surface area (Å²) in [5.41, 5.74) is 1.74. The van der Waals surface area contributed by atoms with Gasteiger partial charge in [-0.1, -0.05) is 18.7 Å². The van der Waals surface area contributed by atoms with E-state index < -0.39 is 10.0 Å². The molecule has 0 spiro atoms. The Kier molecular flexibility index (Phi) is 5.10. The lowest BCUT2D eigenvalue weighted by Crippen LogP contribution is -2.83. The first-order chi connectivity index (χ1) is 8.01. The van der Waals surface area contributed by atoms with Crippen LogP contribution in [0.2, 0.25) is 0 Å². The van der Waals surface area contributed by atoms with Crippen molar-refractivity contribution in [1.29, 1.82) is 5.26 Å². The first-order valence-electron chi connectivity index (χ1n) is 5.21. The number of nitriles is 1. The Morgan fingerprint density at radius 3 is 2.53 bits per heavy atom. The van der Waals surface area contributed by atoms with E-state index >= 15 is 0 Å². The molecule has 0 aliphatic rings. The molecule has 5 nitrogen and oxygen atoms in total. The predicted molar refractivity (Wildman–Crippen MR) is 64.7 cm³/mol. The maximum atomic E-state index is 10.7. The Bertz CT molecular complexity index is 488. The number of nitrogens with two attached hydrogens (primary N) is 1. The zero-order valence-electron chi connectivity index (χ0n) is 9.63. The molecule has 6 heteroatoms. The second kappa shape index (κ2) is 6.35. The summed E-state index contributed by atoms with van der Waals surface area (Å²) in [6.07, 6.45) is 1.09. The molecule has 0 amide bonds. The van der Waals surface area contributed by atoms with E-state index in [-0.39, 0.29) is 0 Å². The molecule has 0 aromatic heterocycles. The van der Waals surface area contributed by atoms with Crippen LogP contribution in [0.25, 0.3) is 4.72 Å². The fourth-order valence-corrected chi connectivity index (χ4v) is 1.73. The molecule has 0 saturated heterocycles. The molecule has 17 heavy (non-hydrogen) atoms. The summed E-state index contributed by atoms with van der Waals surface area (Å²) in [6.45, 7) is 1.69. The van der Waals surface area contributed by atoms with Crippen molar-refractivity contribution in [1.82, 2.24) is 0 Å². The van der Waals surface area contributed by atoms with E-state index in [0.29, 0.717) is 18.7 Å². The molecule has 2 N–H and O–H groups in total. The van der Waals surface area contributed by atoms with Crippen molar-refractivity contribution >= 4 is 10.0 Å². The smallest absolute Gasteiger partial charge is 0.101 e. The van der Waals surface area contributed by atoms with E-state index in [1.807, 2.05) is 17.4 Å². The van der Waals surface area contributed by atoms with Crippen molar-refractivity contribution in [3.8, 4) is 6.07 Å². The number of benzene rings is 1. The number of rotatable bonds is 6. The molecule has 0 aliphatic heterocycles. The molecule has 0 unspecified atom stereocenters. The highest BCUT2D eigenvalue weighted by atomic mass is 32.2. The minimum absolute atomic E-state index is 0.301. The van der Waals surface area contributed by atoms with Crippen LogP contribution in [0, 0.1) is 11.3 Å². The van der Waals surface area contributed by atoms with Crippen molar-refractivity contribution in [2.75, 3.05) is 19.3 Å². The van der Waals surface area contributed by atoms with E-state index in [1.165, 1.54) is 0 Å². The zero-order valence-corrected chi connectivity index (χ0v) is 10.4. The molecule has 0 bridgehead atoms. The van der Waals surface area contributed by atoms with Gasteiger partial charge in [-0.05, 0) is 12.1 Å². The van der Waals surface area contributed by atoms with Crippen molar-refractivity contribution in [2.24, 2.45) is 0 Å². The lowest BCUT2D eigenvalue weighted by Gasteiger charge is -2.14. The van der Waals surface area contributed by atoms with Gasteiger partial charge in [0.1, 0.15) is 6.54 Å². The van der Waals surface area contributed by atoms with E-state index in [4.69, 9.17) is 5.26 Å². The number of hydrogen-bond donors (Lipinski definition) is 1. The minimum atomic E-state index is -3.21. The van der Waals surface area contributed by atoms with Gasteiger partial charge in [-0.25, -0.2) is 8.42 Å². The molecule has 0 saturated carbocycles. The average molecular weight is 253 g/mol. The van der Waals surface area contributed by atoms with Gasteiger partial charge in [0.25, 0.3) is 0 Å². The summed E-state index contributed by atoms with van der Waals surface area (Å²) in [5, 5.41) is 10.6. The molecule has 0 fully saturated rings. The van der Waals surface area contributed by atoms with Crippen molar-refractivity contribution in [3.63, 3.8) is 0 Å². The SMILES string of the molecule is CS(=O)(=O)[N-]CC[NH2+]Cc1ccc(C#N)cc1. The lowest BCUT2D eigenvalue weighted by molar-refractivity contribution is -0.667. The van der Waals surface area contributed by atoms with E-state index in [0.717, 1.165) is 18.4 Å². The molecule has 92 valence electrons. The average Bonchev–Trinajstić information content (AvgIpc) is 2.28. The summed E-state index contributed by atoms with van der Waals surface area (Å²) >= 11 is 0. The standard InChI is InChI=1S/C11H14N3O2S/c1-17(15,16)14-7-6-13-9-11-4-2-10(8-12)3-5-11/h2-5,13H,6-7,9H2,1H3/q-1/p+1. The monoisotopic (exact) mass is 253 g/mol. The molecule has 0 heterocycles. The highest BCUT2D eigenvalue weighted by Gasteiger charge is 1.95.